The highest BCUT2D eigenvalue weighted by atomic mass is 32.2. The Morgan fingerprint density at radius 2 is 2.25 bits per heavy atom. The predicted molar refractivity (Wildman–Crippen MR) is 45.3 cm³/mol. The molecule has 66 valence electrons. The van der Waals surface area contributed by atoms with Crippen LogP contribution in [0, 0.1) is 5.82 Å². The van der Waals surface area contributed by atoms with Crippen molar-refractivity contribution in [1.29, 1.82) is 0 Å². The summed E-state index contributed by atoms with van der Waals surface area (Å²) in [6.07, 6.45) is 0. The molecule has 0 heterocycles. The summed E-state index contributed by atoms with van der Waals surface area (Å²) in [5.74, 6) is -0.809. The van der Waals surface area contributed by atoms with Crippen LogP contribution in [0.15, 0.2) is 18.2 Å². The van der Waals surface area contributed by atoms with Crippen LogP contribution >= 0.6 is 0 Å². The molecule has 1 unspecified atom stereocenters. The van der Waals surface area contributed by atoms with Crippen molar-refractivity contribution in [2.45, 2.75) is 5.75 Å². The van der Waals surface area contributed by atoms with Gasteiger partial charge in [0.2, 0.25) is 0 Å². The van der Waals surface area contributed by atoms with Crippen molar-refractivity contribution < 1.29 is 13.2 Å². The molecule has 0 radical (unpaired) electrons. The number of anilines is 1. The van der Waals surface area contributed by atoms with Gasteiger partial charge in [-0.05, 0) is 12.1 Å². The number of hydrogen-bond donors (Lipinski definition) is 2. The molecule has 1 aromatic carbocycles. The van der Waals surface area contributed by atoms with E-state index >= 15 is 0 Å². The molecule has 0 aliphatic rings. The molecule has 0 amide bonds. The zero-order valence-electron chi connectivity index (χ0n) is 6.16. The standard InChI is InChI=1S/C7H8FNO2S/c8-6-2-1-3-7(9)5(6)4-12(10)11/h1-3H,4,9H2,(H,10,11). The quantitative estimate of drug-likeness (QED) is 0.541. The lowest BCUT2D eigenvalue weighted by Crippen LogP contribution is -2.01. The van der Waals surface area contributed by atoms with Gasteiger partial charge < -0.3 is 10.3 Å². The Bertz CT molecular complexity index is 296. The minimum Gasteiger partial charge on any atom is -0.398 e. The summed E-state index contributed by atoms with van der Waals surface area (Å²) in [6.45, 7) is 0. The van der Waals surface area contributed by atoms with Gasteiger partial charge in [-0.15, -0.1) is 0 Å². The molecule has 0 fully saturated rings. The molecule has 3 nitrogen and oxygen atoms in total. The molecule has 0 aliphatic heterocycles. The van der Waals surface area contributed by atoms with Gasteiger partial charge in [-0.2, -0.15) is 0 Å². The smallest absolute Gasteiger partial charge is 0.157 e. The van der Waals surface area contributed by atoms with Gasteiger partial charge >= 0.3 is 0 Å². The normalized spacial score (nSPS) is 12.8. The molecule has 0 saturated heterocycles. The van der Waals surface area contributed by atoms with E-state index in [1.807, 2.05) is 0 Å². The Morgan fingerprint density at radius 1 is 1.58 bits per heavy atom. The average Bonchev–Trinajstić information content (AvgIpc) is 1.97. The maximum atomic E-state index is 12.9. The highest BCUT2D eigenvalue weighted by Crippen LogP contribution is 2.16. The number of hydrogen-bond acceptors (Lipinski definition) is 2. The zero-order valence-corrected chi connectivity index (χ0v) is 6.97. The van der Waals surface area contributed by atoms with Gasteiger partial charge in [0.1, 0.15) is 5.82 Å². The molecule has 0 aromatic heterocycles. The minimum atomic E-state index is -2.06. The van der Waals surface area contributed by atoms with Crippen molar-refractivity contribution in [3.63, 3.8) is 0 Å². The van der Waals surface area contributed by atoms with E-state index in [4.69, 9.17) is 10.3 Å². The van der Waals surface area contributed by atoms with Crippen molar-refractivity contribution in [3.05, 3.63) is 29.6 Å². The third-order valence-electron chi connectivity index (χ3n) is 1.42. The topological polar surface area (TPSA) is 63.3 Å². The number of nitrogens with two attached hydrogens (primary N) is 1. The molecule has 1 aromatic rings. The first-order valence-electron chi connectivity index (χ1n) is 3.21. The van der Waals surface area contributed by atoms with Crippen molar-refractivity contribution in [2.75, 3.05) is 5.73 Å². The van der Waals surface area contributed by atoms with Gasteiger partial charge in [0.15, 0.2) is 11.1 Å². The van der Waals surface area contributed by atoms with E-state index in [0.29, 0.717) is 0 Å². The Hall–Kier alpha value is -0.940. The summed E-state index contributed by atoms with van der Waals surface area (Å²) in [7, 11) is 0. The van der Waals surface area contributed by atoms with Crippen molar-refractivity contribution in [1.82, 2.24) is 0 Å². The van der Waals surface area contributed by atoms with E-state index in [-0.39, 0.29) is 17.0 Å². The number of nitrogen functional groups attached to an aromatic ring is 1. The molecule has 1 atom stereocenters. The second-order valence-electron chi connectivity index (χ2n) is 2.27. The average molecular weight is 189 g/mol. The number of benzene rings is 1. The van der Waals surface area contributed by atoms with Gasteiger partial charge in [0.05, 0.1) is 5.75 Å². The van der Waals surface area contributed by atoms with Crippen molar-refractivity contribution >= 4 is 16.8 Å². The van der Waals surface area contributed by atoms with Crippen LogP contribution in [0.3, 0.4) is 0 Å². The van der Waals surface area contributed by atoms with Crippen LogP contribution in [0.2, 0.25) is 0 Å². The highest BCUT2D eigenvalue weighted by Gasteiger charge is 2.07. The Morgan fingerprint density at radius 3 is 2.75 bits per heavy atom. The monoisotopic (exact) mass is 189 g/mol. The van der Waals surface area contributed by atoms with E-state index in [9.17, 15) is 8.60 Å². The number of halogens is 1. The molecular weight excluding hydrogens is 181 g/mol. The fourth-order valence-electron chi connectivity index (χ4n) is 0.851. The molecule has 0 spiro atoms. The van der Waals surface area contributed by atoms with Gasteiger partial charge in [-0.3, -0.25) is 0 Å². The van der Waals surface area contributed by atoms with Crippen LogP contribution in [0.1, 0.15) is 5.56 Å². The van der Waals surface area contributed by atoms with E-state index in [1.165, 1.54) is 18.2 Å². The molecule has 0 aliphatic carbocycles. The van der Waals surface area contributed by atoms with E-state index in [0.717, 1.165) is 0 Å². The second-order valence-corrected chi connectivity index (χ2v) is 3.21. The van der Waals surface area contributed by atoms with Crippen LogP contribution in [0.25, 0.3) is 0 Å². The minimum absolute atomic E-state index is 0.0957. The summed E-state index contributed by atoms with van der Waals surface area (Å²) in [5.41, 5.74) is 5.69. The third-order valence-corrected chi connectivity index (χ3v) is 1.96. The number of rotatable bonds is 2. The molecular formula is C7H8FNO2S. The second kappa shape index (κ2) is 3.64. The lowest BCUT2D eigenvalue weighted by molar-refractivity contribution is 0.559. The maximum Gasteiger partial charge on any atom is 0.157 e. The first kappa shape index (κ1) is 9.15. The Kier molecular flexibility index (Phi) is 2.78. The first-order valence-corrected chi connectivity index (χ1v) is 4.49. The van der Waals surface area contributed by atoms with E-state index < -0.39 is 16.9 Å². The fourth-order valence-corrected chi connectivity index (χ4v) is 1.40. The van der Waals surface area contributed by atoms with E-state index in [1.54, 1.807) is 0 Å². The Labute approximate surface area is 71.7 Å². The van der Waals surface area contributed by atoms with Gasteiger partial charge in [-0.25, -0.2) is 8.60 Å². The van der Waals surface area contributed by atoms with Crippen LogP contribution in [-0.4, -0.2) is 8.76 Å². The lowest BCUT2D eigenvalue weighted by Gasteiger charge is -2.03. The molecule has 0 bridgehead atoms. The molecule has 5 heteroatoms. The molecule has 12 heavy (non-hydrogen) atoms. The summed E-state index contributed by atoms with van der Waals surface area (Å²) in [5, 5.41) is 0. The highest BCUT2D eigenvalue weighted by molar-refractivity contribution is 7.78. The predicted octanol–water partition coefficient (Wildman–Crippen LogP) is 1.13. The van der Waals surface area contributed by atoms with Gasteiger partial charge in [-0.1, -0.05) is 6.07 Å². The molecule has 1 rings (SSSR count). The van der Waals surface area contributed by atoms with Gasteiger partial charge in [0, 0.05) is 11.3 Å². The van der Waals surface area contributed by atoms with Crippen molar-refractivity contribution in [2.24, 2.45) is 0 Å². The van der Waals surface area contributed by atoms with Crippen LogP contribution in [0.5, 0.6) is 0 Å². The molecule has 0 saturated carbocycles. The molecule has 3 N–H and O–H groups in total. The van der Waals surface area contributed by atoms with Crippen LogP contribution < -0.4 is 5.73 Å². The van der Waals surface area contributed by atoms with Crippen LogP contribution in [0.4, 0.5) is 10.1 Å². The van der Waals surface area contributed by atoms with Gasteiger partial charge in [0.25, 0.3) is 0 Å². The Balaban J connectivity index is 3.04. The first-order chi connectivity index (χ1) is 5.61. The summed E-state index contributed by atoms with van der Waals surface area (Å²) in [6, 6.07) is 4.15. The summed E-state index contributed by atoms with van der Waals surface area (Å²) >= 11 is -2.06. The summed E-state index contributed by atoms with van der Waals surface area (Å²) in [4.78, 5) is 0. The summed E-state index contributed by atoms with van der Waals surface area (Å²) < 4.78 is 31.8. The lowest BCUT2D eigenvalue weighted by atomic mass is 10.2. The van der Waals surface area contributed by atoms with Crippen molar-refractivity contribution in [3.8, 4) is 0 Å². The SMILES string of the molecule is Nc1cccc(F)c1CS(=O)O. The maximum absolute atomic E-state index is 12.9. The zero-order chi connectivity index (χ0) is 9.14. The van der Waals surface area contributed by atoms with E-state index in [2.05, 4.69) is 0 Å². The largest absolute Gasteiger partial charge is 0.398 e. The fraction of sp³-hybridized carbons (Fsp3) is 0.143. The third kappa shape index (κ3) is 2.02. The van der Waals surface area contributed by atoms with Crippen LogP contribution in [-0.2, 0) is 16.8 Å².